The summed E-state index contributed by atoms with van der Waals surface area (Å²) in [4.78, 5) is 15.2. The van der Waals surface area contributed by atoms with E-state index < -0.39 is 0 Å². The first-order valence-corrected chi connectivity index (χ1v) is 5.29. The number of aromatic nitrogens is 3. The predicted octanol–water partition coefficient (Wildman–Crippen LogP) is 0.206. The molecule has 1 rings (SSSR count). The van der Waals surface area contributed by atoms with Crippen molar-refractivity contribution in [3.8, 4) is 0 Å². The van der Waals surface area contributed by atoms with Gasteiger partial charge in [0.05, 0.1) is 0 Å². The zero-order valence-corrected chi connectivity index (χ0v) is 8.44. The monoisotopic (exact) mass is 200 g/mol. The van der Waals surface area contributed by atoms with Crippen LogP contribution in [0.15, 0.2) is 0 Å². The summed E-state index contributed by atoms with van der Waals surface area (Å²) in [5.74, 6) is 1.53. The van der Waals surface area contributed by atoms with Crippen LogP contribution in [-0.2, 0) is 0 Å². The number of thioether (sulfide) groups is 1. The lowest BCUT2D eigenvalue weighted by molar-refractivity contribution is 0.0946. The number of hydrogen-bond acceptors (Lipinski definition) is 4. The number of rotatable bonds is 4. The molecule has 0 aromatic carbocycles. The van der Waals surface area contributed by atoms with Gasteiger partial charge in [0.2, 0.25) is 5.82 Å². The van der Waals surface area contributed by atoms with Crippen molar-refractivity contribution in [2.45, 2.75) is 6.92 Å². The van der Waals surface area contributed by atoms with Gasteiger partial charge in [-0.1, -0.05) is 0 Å². The minimum Gasteiger partial charge on any atom is -0.348 e. The molecule has 0 bridgehead atoms. The molecule has 0 aliphatic rings. The van der Waals surface area contributed by atoms with Gasteiger partial charge >= 0.3 is 0 Å². The van der Waals surface area contributed by atoms with Gasteiger partial charge in [0.25, 0.3) is 5.91 Å². The Labute approximate surface area is 80.7 Å². The zero-order valence-electron chi connectivity index (χ0n) is 7.63. The van der Waals surface area contributed by atoms with Crippen molar-refractivity contribution in [2.75, 3.05) is 18.6 Å². The first-order chi connectivity index (χ1) is 6.24. The van der Waals surface area contributed by atoms with Gasteiger partial charge < -0.3 is 5.32 Å². The second-order valence-electron chi connectivity index (χ2n) is 2.49. The summed E-state index contributed by atoms with van der Waals surface area (Å²) in [6, 6.07) is 0. The molecule has 0 saturated carbocycles. The summed E-state index contributed by atoms with van der Waals surface area (Å²) in [6.45, 7) is 2.40. The molecule has 1 aromatic rings. The van der Waals surface area contributed by atoms with Gasteiger partial charge in [-0.3, -0.25) is 9.89 Å². The topological polar surface area (TPSA) is 70.7 Å². The average molecular weight is 200 g/mol. The smallest absolute Gasteiger partial charge is 0.290 e. The minimum atomic E-state index is -0.224. The van der Waals surface area contributed by atoms with Crippen molar-refractivity contribution in [2.24, 2.45) is 0 Å². The number of carbonyl (C=O) groups is 1. The molecule has 0 fully saturated rings. The van der Waals surface area contributed by atoms with E-state index in [0.717, 1.165) is 5.75 Å². The van der Waals surface area contributed by atoms with Gasteiger partial charge in [-0.25, -0.2) is 4.98 Å². The van der Waals surface area contributed by atoms with Gasteiger partial charge in [-0.15, -0.1) is 5.10 Å². The van der Waals surface area contributed by atoms with E-state index in [9.17, 15) is 4.79 Å². The first kappa shape index (κ1) is 10.0. The maximum absolute atomic E-state index is 11.3. The molecular weight excluding hydrogens is 188 g/mol. The van der Waals surface area contributed by atoms with Crippen LogP contribution in [0.25, 0.3) is 0 Å². The standard InChI is InChI=1S/C7H12N4OS/c1-5-9-6(11-10-5)7(12)8-3-4-13-2/h3-4H2,1-2H3,(H,8,12)(H,9,10,11). The summed E-state index contributed by atoms with van der Waals surface area (Å²) < 4.78 is 0. The molecule has 2 N–H and O–H groups in total. The Hall–Kier alpha value is -1.04. The van der Waals surface area contributed by atoms with E-state index in [4.69, 9.17) is 0 Å². The highest BCUT2D eigenvalue weighted by atomic mass is 32.2. The molecule has 1 amide bonds. The van der Waals surface area contributed by atoms with Crippen molar-refractivity contribution in [3.05, 3.63) is 11.6 Å². The lowest BCUT2D eigenvalue weighted by Gasteiger charge is -1.98. The Balaban J connectivity index is 2.40. The molecule has 5 nitrogen and oxygen atoms in total. The quantitative estimate of drug-likeness (QED) is 0.681. The molecule has 0 spiro atoms. The van der Waals surface area contributed by atoms with Gasteiger partial charge in [0.15, 0.2) is 0 Å². The van der Waals surface area contributed by atoms with Crippen LogP contribution >= 0.6 is 11.8 Å². The normalized spacial score (nSPS) is 10.0. The van der Waals surface area contributed by atoms with E-state index in [1.54, 1.807) is 18.7 Å². The molecule has 0 radical (unpaired) electrons. The Morgan fingerprint density at radius 1 is 1.69 bits per heavy atom. The molecule has 6 heteroatoms. The van der Waals surface area contributed by atoms with Crippen LogP contribution in [0.2, 0.25) is 0 Å². The second kappa shape index (κ2) is 4.86. The molecular formula is C7H12N4OS. The number of hydrogen-bond donors (Lipinski definition) is 2. The van der Waals surface area contributed by atoms with Crippen LogP contribution in [0.5, 0.6) is 0 Å². The van der Waals surface area contributed by atoms with E-state index in [1.807, 2.05) is 6.26 Å². The third-order valence-electron chi connectivity index (χ3n) is 1.39. The first-order valence-electron chi connectivity index (χ1n) is 3.90. The number of carbonyl (C=O) groups excluding carboxylic acids is 1. The molecule has 0 saturated heterocycles. The Bertz CT molecular complexity index is 286. The highest BCUT2D eigenvalue weighted by Crippen LogP contribution is 1.91. The molecule has 0 unspecified atom stereocenters. The molecule has 1 aromatic heterocycles. The van der Waals surface area contributed by atoms with Crippen LogP contribution in [0.3, 0.4) is 0 Å². The second-order valence-corrected chi connectivity index (χ2v) is 3.48. The van der Waals surface area contributed by atoms with Crippen LogP contribution < -0.4 is 5.32 Å². The molecule has 0 aliphatic heterocycles. The van der Waals surface area contributed by atoms with E-state index in [2.05, 4.69) is 20.5 Å². The fourth-order valence-corrected chi connectivity index (χ4v) is 1.10. The Morgan fingerprint density at radius 2 is 2.46 bits per heavy atom. The minimum absolute atomic E-state index is 0.207. The fraction of sp³-hybridized carbons (Fsp3) is 0.571. The number of H-pyrrole nitrogens is 1. The molecule has 1 heterocycles. The van der Waals surface area contributed by atoms with Gasteiger partial charge in [0, 0.05) is 12.3 Å². The third kappa shape index (κ3) is 3.06. The number of aromatic amines is 1. The lowest BCUT2D eigenvalue weighted by atomic mass is 10.5. The maximum Gasteiger partial charge on any atom is 0.290 e. The summed E-state index contributed by atoms with van der Waals surface area (Å²) in [6.07, 6.45) is 1.99. The number of nitrogens with zero attached hydrogens (tertiary/aromatic N) is 2. The van der Waals surface area contributed by atoms with Crippen molar-refractivity contribution < 1.29 is 4.79 Å². The van der Waals surface area contributed by atoms with Crippen LogP contribution in [-0.4, -0.2) is 39.6 Å². The zero-order chi connectivity index (χ0) is 9.68. The number of amides is 1. The average Bonchev–Trinajstić information content (AvgIpc) is 2.52. The summed E-state index contributed by atoms with van der Waals surface area (Å²) in [5, 5.41) is 9.06. The Kier molecular flexibility index (Phi) is 3.75. The van der Waals surface area contributed by atoms with E-state index in [1.165, 1.54) is 0 Å². The van der Waals surface area contributed by atoms with Crippen LogP contribution in [0.1, 0.15) is 16.4 Å². The largest absolute Gasteiger partial charge is 0.348 e. The summed E-state index contributed by atoms with van der Waals surface area (Å²) in [5.41, 5.74) is 0. The Morgan fingerprint density at radius 3 is 3.00 bits per heavy atom. The highest BCUT2D eigenvalue weighted by molar-refractivity contribution is 7.98. The summed E-state index contributed by atoms with van der Waals surface area (Å²) in [7, 11) is 0. The van der Waals surface area contributed by atoms with Crippen molar-refractivity contribution in [1.29, 1.82) is 0 Å². The highest BCUT2D eigenvalue weighted by Gasteiger charge is 2.09. The van der Waals surface area contributed by atoms with Crippen molar-refractivity contribution in [1.82, 2.24) is 20.5 Å². The third-order valence-corrected chi connectivity index (χ3v) is 2.00. The SMILES string of the molecule is CSCCNC(=O)c1n[nH]c(C)n1. The van der Waals surface area contributed by atoms with Gasteiger partial charge in [0.1, 0.15) is 5.82 Å². The van der Waals surface area contributed by atoms with Gasteiger partial charge in [-0.2, -0.15) is 11.8 Å². The number of nitrogens with one attached hydrogen (secondary N) is 2. The molecule has 72 valence electrons. The predicted molar refractivity (Wildman–Crippen MR) is 51.8 cm³/mol. The lowest BCUT2D eigenvalue weighted by Crippen LogP contribution is -2.26. The summed E-state index contributed by atoms with van der Waals surface area (Å²) >= 11 is 1.68. The van der Waals surface area contributed by atoms with E-state index in [-0.39, 0.29) is 11.7 Å². The number of aryl methyl sites for hydroxylation is 1. The fourth-order valence-electron chi connectivity index (χ4n) is 0.790. The molecule has 13 heavy (non-hydrogen) atoms. The van der Waals surface area contributed by atoms with E-state index >= 15 is 0 Å². The maximum atomic E-state index is 11.3. The van der Waals surface area contributed by atoms with Crippen LogP contribution in [0.4, 0.5) is 0 Å². The van der Waals surface area contributed by atoms with Crippen molar-refractivity contribution in [3.63, 3.8) is 0 Å². The van der Waals surface area contributed by atoms with Crippen LogP contribution in [0, 0.1) is 6.92 Å². The van der Waals surface area contributed by atoms with E-state index in [0.29, 0.717) is 12.4 Å². The van der Waals surface area contributed by atoms with Gasteiger partial charge in [-0.05, 0) is 13.2 Å². The molecule has 0 atom stereocenters. The van der Waals surface area contributed by atoms with Crippen molar-refractivity contribution >= 4 is 17.7 Å². The molecule has 0 aliphatic carbocycles.